The van der Waals surface area contributed by atoms with Gasteiger partial charge in [-0.3, -0.25) is 0 Å². The van der Waals surface area contributed by atoms with E-state index in [1.54, 1.807) is 24.3 Å². The number of carbonyl (C=O) groups is 1. The molecule has 0 aliphatic heterocycles. The van der Waals surface area contributed by atoms with Gasteiger partial charge in [-0.1, -0.05) is 24.3 Å². The number of benzene rings is 2. The maximum Gasteiger partial charge on any atom is 0.340 e. The Hall–Kier alpha value is -3.12. The molecule has 6 heteroatoms. The van der Waals surface area contributed by atoms with E-state index in [2.05, 4.69) is 5.32 Å². The Morgan fingerprint density at radius 3 is 2.74 bits per heavy atom. The number of hydrogen-bond acceptors (Lipinski definition) is 6. The fraction of sp³-hybridized carbons (Fsp3) is 0.238. The van der Waals surface area contributed by atoms with Crippen LogP contribution in [0.3, 0.4) is 0 Å². The summed E-state index contributed by atoms with van der Waals surface area (Å²) < 4.78 is 10.8. The Morgan fingerprint density at radius 2 is 1.96 bits per heavy atom. The van der Waals surface area contributed by atoms with Crippen LogP contribution < -0.4 is 10.9 Å². The zero-order valence-electron chi connectivity index (χ0n) is 15.2. The number of aryl methyl sites for hydroxylation is 2. The minimum atomic E-state index is -0.513. The van der Waals surface area contributed by atoms with Crippen LogP contribution in [0.1, 0.15) is 27.0 Å². The van der Waals surface area contributed by atoms with Crippen LogP contribution in [0.15, 0.2) is 51.7 Å². The van der Waals surface area contributed by atoms with Gasteiger partial charge >= 0.3 is 11.6 Å². The quantitative estimate of drug-likeness (QED) is 0.514. The number of anilines is 1. The van der Waals surface area contributed by atoms with Crippen LogP contribution in [0, 0.1) is 13.8 Å². The summed E-state index contributed by atoms with van der Waals surface area (Å²) in [5.74, 6) is -0.513. The summed E-state index contributed by atoms with van der Waals surface area (Å²) in [5, 5.41) is 12.7. The van der Waals surface area contributed by atoms with Gasteiger partial charge in [-0.05, 0) is 37.1 Å². The van der Waals surface area contributed by atoms with E-state index in [1.165, 1.54) is 6.07 Å². The second-order valence-corrected chi connectivity index (χ2v) is 6.25. The third kappa shape index (κ3) is 4.01. The van der Waals surface area contributed by atoms with Crippen LogP contribution in [0.2, 0.25) is 0 Å². The van der Waals surface area contributed by atoms with Gasteiger partial charge in [0.15, 0.2) is 0 Å². The van der Waals surface area contributed by atoms with Crippen molar-refractivity contribution in [2.45, 2.75) is 20.5 Å². The van der Waals surface area contributed by atoms with Crippen molar-refractivity contribution in [2.24, 2.45) is 0 Å². The van der Waals surface area contributed by atoms with Crippen molar-refractivity contribution in [3.63, 3.8) is 0 Å². The van der Waals surface area contributed by atoms with Gasteiger partial charge in [-0.15, -0.1) is 0 Å². The Bertz CT molecular complexity index is 1040. The molecular formula is C21H21NO5. The van der Waals surface area contributed by atoms with Gasteiger partial charge in [-0.2, -0.15) is 0 Å². The molecular weight excluding hydrogens is 346 g/mol. The summed E-state index contributed by atoms with van der Waals surface area (Å²) in [7, 11) is 0. The summed E-state index contributed by atoms with van der Waals surface area (Å²) in [6, 6.07) is 12.1. The molecule has 1 aromatic heterocycles. The number of aliphatic hydroxyl groups excluding tert-OH is 1. The number of esters is 1. The maximum atomic E-state index is 12.5. The van der Waals surface area contributed by atoms with Crippen molar-refractivity contribution < 1.29 is 19.1 Å². The van der Waals surface area contributed by atoms with Gasteiger partial charge in [0.25, 0.3) is 0 Å². The number of hydrogen-bond donors (Lipinski definition) is 2. The van der Waals surface area contributed by atoms with Crippen LogP contribution in [0.25, 0.3) is 11.0 Å². The highest BCUT2D eigenvalue weighted by atomic mass is 16.5. The summed E-state index contributed by atoms with van der Waals surface area (Å²) in [5.41, 5.74) is 3.48. The molecule has 0 atom stereocenters. The zero-order valence-corrected chi connectivity index (χ0v) is 15.2. The molecule has 3 aromatic rings. The fourth-order valence-electron chi connectivity index (χ4n) is 2.87. The highest BCUT2D eigenvalue weighted by Crippen LogP contribution is 2.24. The van der Waals surface area contributed by atoms with E-state index >= 15 is 0 Å². The molecule has 1 heterocycles. The molecule has 0 saturated carbocycles. The Morgan fingerprint density at radius 1 is 1.19 bits per heavy atom. The molecule has 0 unspecified atom stereocenters. The average Bonchev–Trinajstić information content (AvgIpc) is 2.67. The summed E-state index contributed by atoms with van der Waals surface area (Å²) in [6.45, 7) is 4.07. The van der Waals surface area contributed by atoms with Gasteiger partial charge in [-0.25, -0.2) is 9.59 Å². The summed E-state index contributed by atoms with van der Waals surface area (Å²) in [6.07, 6.45) is 0. The van der Waals surface area contributed by atoms with Crippen molar-refractivity contribution in [1.29, 1.82) is 0 Å². The standard InChI is InChI=1S/C21H21NO5/c1-13-7-8-16-15(11-19(24)27-20(16)14(13)2)12-26-21(25)17-5-3-4-6-18(17)22-9-10-23/h3-8,11,22-23H,9-10,12H2,1-2H3. The molecule has 0 radical (unpaired) electrons. The first kappa shape index (κ1) is 18.7. The molecule has 0 amide bonds. The fourth-order valence-corrected chi connectivity index (χ4v) is 2.87. The maximum absolute atomic E-state index is 12.5. The topological polar surface area (TPSA) is 88.8 Å². The molecule has 0 spiro atoms. The molecule has 0 fully saturated rings. The van der Waals surface area contributed by atoms with Crippen molar-refractivity contribution in [1.82, 2.24) is 0 Å². The predicted octanol–water partition coefficient (Wildman–Crippen LogP) is 3.17. The van der Waals surface area contributed by atoms with Gasteiger partial charge in [0.05, 0.1) is 12.2 Å². The second-order valence-electron chi connectivity index (χ2n) is 6.25. The molecule has 0 aliphatic rings. The van der Waals surface area contributed by atoms with Crippen LogP contribution >= 0.6 is 0 Å². The van der Waals surface area contributed by atoms with E-state index < -0.39 is 11.6 Å². The van der Waals surface area contributed by atoms with Gasteiger partial charge in [0.1, 0.15) is 12.2 Å². The van der Waals surface area contributed by atoms with Crippen molar-refractivity contribution in [2.75, 3.05) is 18.5 Å². The first-order valence-electron chi connectivity index (χ1n) is 8.65. The van der Waals surface area contributed by atoms with Crippen molar-refractivity contribution in [3.05, 3.63) is 75.1 Å². The number of fused-ring (bicyclic) bond motifs is 1. The number of ether oxygens (including phenoxy) is 1. The molecule has 2 aromatic carbocycles. The van der Waals surface area contributed by atoms with E-state index in [-0.39, 0.29) is 13.2 Å². The lowest BCUT2D eigenvalue weighted by Gasteiger charge is -2.12. The first-order valence-corrected chi connectivity index (χ1v) is 8.65. The number of rotatable bonds is 6. The first-order chi connectivity index (χ1) is 13.0. The number of carbonyl (C=O) groups excluding carboxylic acids is 1. The second kappa shape index (κ2) is 8.05. The zero-order chi connectivity index (χ0) is 19.4. The number of nitrogens with one attached hydrogen (secondary N) is 1. The van der Waals surface area contributed by atoms with E-state index in [0.29, 0.717) is 28.9 Å². The minimum absolute atomic E-state index is 0.0439. The lowest BCUT2D eigenvalue weighted by molar-refractivity contribution is 0.0475. The van der Waals surface area contributed by atoms with Gasteiger partial charge < -0.3 is 19.6 Å². The lowest BCUT2D eigenvalue weighted by atomic mass is 10.0. The Labute approximate surface area is 156 Å². The normalized spacial score (nSPS) is 10.8. The molecule has 3 rings (SSSR count). The van der Waals surface area contributed by atoms with Crippen LogP contribution in [0.5, 0.6) is 0 Å². The smallest absolute Gasteiger partial charge is 0.340 e. The van der Waals surface area contributed by atoms with Gasteiger partial charge in [0, 0.05) is 29.2 Å². The number of para-hydroxylation sites is 1. The average molecular weight is 367 g/mol. The Balaban J connectivity index is 1.86. The number of aliphatic hydroxyl groups is 1. The lowest BCUT2D eigenvalue weighted by Crippen LogP contribution is -2.13. The molecule has 140 valence electrons. The molecule has 2 N–H and O–H groups in total. The highest BCUT2D eigenvalue weighted by molar-refractivity contribution is 5.95. The van der Waals surface area contributed by atoms with Crippen molar-refractivity contribution in [3.8, 4) is 0 Å². The molecule has 0 saturated heterocycles. The molecule has 27 heavy (non-hydrogen) atoms. The van der Waals surface area contributed by atoms with Crippen LogP contribution in [0.4, 0.5) is 5.69 Å². The van der Waals surface area contributed by atoms with Crippen LogP contribution in [-0.2, 0) is 11.3 Å². The minimum Gasteiger partial charge on any atom is -0.457 e. The van der Waals surface area contributed by atoms with Crippen LogP contribution in [-0.4, -0.2) is 24.2 Å². The monoisotopic (exact) mass is 367 g/mol. The third-order valence-corrected chi connectivity index (χ3v) is 4.45. The summed E-state index contributed by atoms with van der Waals surface area (Å²) in [4.78, 5) is 24.4. The summed E-state index contributed by atoms with van der Waals surface area (Å²) >= 11 is 0. The van der Waals surface area contributed by atoms with E-state index in [9.17, 15) is 9.59 Å². The predicted molar refractivity (Wildman–Crippen MR) is 103 cm³/mol. The molecule has 6 nitrogen and oxygen atoms in total. The van der Waals surface area contributed by atoms with Gasteiger partial charge in [0.2, 0.25) is 0 Å². The molecule has 0 bridgehead atoms. The SMILES string of the molecule is Cc1ccc2c(COC(=O)c3ccccc3NCCO)cc(=O)oc2c1C. The Kier molecular flexibility index (Phi) is 5.57. The van der Waals surface area contributed by atoms with E-state index in [0.717, 1.165) is 16.5 Å². The third-order valence-electron chi connectivity index (χ3n) is 4.45. The highest BCUT2D eigenvalue weighted by Gasteiger charge is 2.15. The van der Waals surface area contributed by atoms with Crippen molar-refractivity contribution >= 4 is 22.6 Å². The largest absolute Gasteiger partial charge is 0.457 e. The molecule has 0 aliphatic carbocycles. The van der Waals surface area contributed by atoms with E-state index in [1.807, 2.05) is 26.0 Å². The van der Waals surface area contributed by atoms with E-state index in [4.69, 9.17) is 14.3 Å².